The predicted octanol–water partition coefficient (Wildman–Crippen LogP) is 5.37. The third-order valence-corrected chi connectivity index (χ3v) is 6.39. The Morgan fingerprint density at radius 3 is 2.47 bits per heavy atom. The average Bonchev–Trinajstić information content (AvgIpc) is 3.30. The van der Waals surface area contributed by atoms with Crippen LogP contribution in [0.2, 0.25) is 0 Å². The molecule has 1 aliphatic rings. The van der Waals surface area contributed by atoms with Crippen molar-refractivity contribution >= 4 is 23.0 Å². The molecular weight excluding hydrogens is 414 g/mol. The van der Waals surface area contributed by atoms with E-state index >= 15 is 0 Å². The molecular formula is C26H25N5S. The highest BCUT2D eigenvalue weighted by molar-refractivity contribution is 7.80. The molecule has 4 aromatic rings. The summed E-state index contributed by atoms with van der Waals surface area (Å²) in [6, 6.07) is 20.7. The number of aromatic nitrogens is 3. The summed E-state index contributed by atoms with van der Waals surface area (Å²) in [6.07, 6.45) is 5.54. The first kappa shape index (κ1) is 20.4. The van der Waals surface area contributed by atoms with Crippen molar-refractivity contribution in [3.63, 3.8) is 0 Å². The minimum absolute atomic E-state index is 0.0316. The van der Waals surface area contributed by atoms with Gasteiger partial charge in [0.25, 0.3) is 0 Å². The molecule has 32 heavy (non-hydrogen) atoms. The standard InChI is InChI=1S/C26H25N5S/c1-17-8-6-9-20(14-17)31-25(24(29-26(31)32)23-11-4-5-13-28-23)22-15-18(2)30(19(22)3)21-10-7-12-27-16-21/h4-16,24-25H,1-3H3,(H,29,32)/t24-,25-/m0/s1. The molecule has 6 heteroatoms. The van der Waals surface area contributed by atoms with Gasteiger partial charge in [-0.1, -0.05) is 18.2 Å². The van der Waals surface area contributed by atoms with Gasteiger partial charge in [-0.15, -0.1) is 0 Å². The molecule has 160 valence electrons. The van der Waals surface area contributed by atoms with Gasteiger partial charge < -0.3 is 14.8 Å². The lowest BCUT2D eigenvalue weighted by molar-refractivity contribution is 0.565. The molecule has 5 rings (SSSR count). The van der Waals surface area contributed by atoms with Crippen molar-refractivity contribution in [2.45, 2.75) is 32.9 Å². The van der Waals surface area contributed by atoms with Crippen molar-refractivity contribution in [2.75, 3.05) is 4.90 Å². The second kappa shape index (κ2) is 8.20. The van der Waals surface area contributed by atoms with Crippen LogP contribution in [-0.4, -0.2) is 19.6 Å². The lowest BCUT2D eigenvalue weighted by Gasteiger charge is -2.28. The summed E-state index contributed by atoms with van der Waals surface area (Å²) in [7, 11) is 0. The highest BCUT2D eigenvalue weighted by Crippen LogP contribution is 2.43. The number of thiocarbonyl (C=S) groups is 1. The molecule has 0 amide bonds. The number of hydrogen-bond donors (Lipinski definition) is 1. The number of hydrogen-bond acceptors (Lipinski definition) is 3. The van der Waals surface area contributed by atoms with Crippen molar-refractivity contribution < 1.29 is 0 Å². The van der Waals surface area contributed by atoms with Gasteiger partial charge in [-0.05, 0) is 86.6 Å². The van der Waals surface area contributed by atoms with Crippen LogP contribution in [0.15, 0.2) is 79.3 Å². The Morgan fingerprint density at radius 1 is 0.906 bits per heavy atom. The van der Waals surface area contributed by atoms with Gasteiger partial charge in [0.2, 0.25) is 0 Å². The maximum Gasteiger partial charge on any atom is 0.174 e. The van der Waals surface area contributed by atoms with E-state index in [0.717, 1.165) is 22.8 Å². The van der Waals surface area contributed by atoms with Crippen LogP contribution in [0.25, 0.3) is 5.69 Å². The van der Waals surface area contributed by atoms with Gasteiger partial charge in [0.1, 0.15) is 0 Å². The minimum atomic E-state index is -0.0629. The average molecular weight is 440 g/mol. The van der Waals surface area contributed by atoms with Gasteiger partial charge in [-0.2, -0.15) is 0 Å². The molecule has 1 aromatic carbocycles. The van der Waals surface area contributed by atoms with Crippen molar-refractivity contribution in [2.24, 2.45) is 0 Å². The van der Waals surface area contributed by atoms with E-state index in [2.05, 4.69) is 88.0 Å². The van der Waals surface area contributed by atoms with Gasteiger partial charge in [-0.3, -0.25) is 9.97 Å². The Bertz CT molecular complexity index is 1270. The Labute approximate surface area is 193 Å². The van der Waals surface area contributed by atoms with Gasteiger partial charge in [0, 0.05) is 29.5 Å². The van der Waals surface area contributed by atoms with Crippen LogP contribution >= 0.6 is 12.2 Å². The zero-order valence-corrected chi connectivity index (χ0v) is 19.2. The molecule has 1 aliphatic heterocycles. The maximum atomic E-state index is 5.87. The molecule has 0 radical (unpaired) electrons. The summed E-state index contributed by atoms with van der Waals surface area (Å²) in [6.45, 7) is 6.41. The molecule has 1 saturated heterocycles. The molecule has 0 bridgehead atoms. The number of benzene rings is 1. The van der Waals surface area contributed by atoms with Gasteiger partial charge in [0.05, 0.1) is 29.7 Å². The Balaban J connectivity index is 1.69. The first-order chi connectivity index (χ1) is 15.5. The Morgan fingerprint density at radius 2 is 1.75 bits per heavy atom. The molecule has 2 atom stereocenters. The Hall–Kier alpha value is -3.51. The number of pyridine rings is 2. The predicted molar refractivity (Wildman–Crippen MR) is 132 cm³/mol. The van der Waals surface area contributed by atoms with Crippen LogP contribution in [0, 0.1) is 20.8 Å². The summed E-state index contributed by atoms with van der Waals surface area (Å²) >= 11 is 5.87. The number of aryl methyl sites for hydroxylation is 2. The van der Waals surface area contributed by atoms with Crippen molar-refractivity contribution in [1.82, 2.24) is 19.9 Å². The quantitative estimate of drug-likeness (QED) is 0.433. The number of anilines is 1. The van der Waals surface area contributed by atoms with E-state index < -0.39 is 0 Å². The maximum absolute atomic E-state index is 5.87. The fraction of sp³-hybridized carbons (Fsp3) is 0.192. The second-order valence-electron chi connectivity index (χ2n) is 8.21. The minimum Gasteiger partial charge on any atom is -0.351 e. The highest BCUT2D eigenvalue weighted by atomic mass is 32.1. The van der Waals surface area contributed by atoms with E-state index in [1.165, 1.54) is 16.8 Å². The van der Waals surface area contributed by atoms with Crippen LogP contribution in [0.4, 0.5) is 5.69 Å². The molecule has 5 nitrogen and oxygen atoms in total. The van der Waals surface area contributed by atoms with Gasteiger partial charge in [-0.25, -0.2) is 0 Å². The normalized spacial score (nSPS) is 18.1. The summed E-state index contributed by atoms with van der Waals surface area (Å²) in [5, 5.41) is 4.27. The summed E-state index contributed by atoms with van der Waals surface area (Å²) in [4.78, 5) is 11.2. The molecule has 4 heterocycles. The summed E-state index contributed by atoms with van der Waals surface area (Å²) in [5.74, 6) is 0. The third kappa shape index (κ3) is 3.46. The molecule has 0 unspecified atom stereocenters. The van der Waals surface area contributed by atoms with E-state index in [1.54, 1.807) is 6.20 Å². The first-order valence-electron chi connectivity index (χ1n) is 10.7. The van der Waals surface area contributed by atoms with Crippen LogP contribution in [0.5, 0.6) is 0 Å². The zero-order chi connectivity index (χ0) is 22.2. The lowest BCUT2D eigenvalue weighted by Crippen LogP contribution is -2.29. The fourth-order valence-electron chi connectivity index (χ4n) is 4.70. The zero-order valence-electron chi connectivity index (χ0n) is 18.4. The van der Waals surface area contributed by atoms with Crippen LogP contribution < -0.4 is 10.2 Å². The SMILES string of the molecule is Cc1cccc(N2C(=S)N[C@@H](c3ccccn3)[C@@H]2c2cc(C)n(-c3cccnc3)c2C)c1. The van der Waals surface area contributed by atoms with Gasteiger partial charge in [0.15, 0.2) is 5.11 Å². The monoisotopic (exact) mass is 439 g/mol. The number of rotatable bonds is 4. The van der Waals surface area contributed by atoms with E-state index in [9.17, 15) is 0 Å². The van der Waals surface area contributed by atoms with E-state index in [1.807, 2.05) is 30.6 Å². The molecule has 3 aromatic heterocycles. The van der Waals surface area contributed by atoms with E-state index in [0.29, 0.717) is 5.11 Å². The molecule has 0 aliphatic carbocycles. The smallest absolute Gasteiger partial charge is 0.174 e. The lowest BCUT2D eigenvalue weighted by atomic mass is 9.96. The molecule has 0 spiro atoms. The van der Waals surface area contributed by atoms with Crippen molar-refractivity contribution in [1.29, 1.82) is 0 Å². The van der Waals surface area contributed by atoms with E-state index in [4.69, 9.17) is 12.2 Å². The molecule has 1 fully saturated rings. The molecule has 0 saturated carbocycles. The van der Waals surface area contributed by atoms with Crippen molar-refractivity contribution in [3.05, 3.63) is 107 Å². The summed E-state index contributed by atoms with van der Waals surface area (Å²) < 4.78 is 2.26. The fourth-order valence-corrected chi connectivity index (χ4v) is 5.04. The highest BCUT2D eigenvalue weighted by Gasteiger charge is 2.42. The largest absolute Gasteiger partial charge is 0.351 e. The summed E-state index contributed by atoms with van der Waals surface area (Å²) in [5.41, 5.74) is 7.86. The van der Waals surface area contributed by atoms with Crippen molar-refractivity contribution in [3.8, 4) is 5.69 Å². The number of nitrogens with zero attached hydrogens (tertiary/aromatic N) is 4. The second-order valence-corrected chi connectivity index (χ2v) is 8.60. The topological polar surface area (TPSA) is 46.0 Å². The van der Waals surface area contributed by atoms with E-state index in [-0.39, 0.29) is 12.1 Å². The van der Waals surface area contributed by atoms with Gasteiger partial charge >= 0.3 is 0 Å². The number of nitrogens with one attached hydrogen (secondary N) is 1. The Kier molecular flexibility index (Phi) is 5.23. The van der Waals surface area contributed by atoms with Crippen LogP contribution in [0.3, 0.4) is 0 Å². The third-order valence-electron chi connectivity index (χ3n) is 6.07. The first-order valence-corrected chi connectivity index (χ1v) is 11.1. The molecule has 1 N–H and O–H groups in total. The van der Waals surface area contributed by atoms with Crippen LogP contribution in [-0.2, 0) is 0 Å². The van der Waals surface area contributed by atoms with Crippen LogP contribution in [0.1, 0.15) is 40.3 Å².